The summed E-state index contributed by atoms with van der Waals surface area (Å²) in [6, 6.07) is 8.39. The number of nitrogens with one attached hydrogen (secondary N) is 1. The van der Waals surface area contributed by atoms with E-state index in [4.69, 9.17) is 5.84 Å². The molecule has 0 bridgehead atoms. The van der Waals surface area contributed by atoms with Gasteiger partial charge in [0.2, 0.25) is 0 Å². The van der Waals surface area contributed by atoms with Crippen LogP contribution in [0.1, 0.15) is 24.1 Å². The third-order valence-electron chi connectivity index (χ3n) is 2.93. The van der Waals surface area contributed by atoms with Crippen LogP contribution in [0.4, 0.5) is 0 Å². The lowest BCUT2D eigenvalue weighted by molar-refractivity contribution is 0.549. The molecule has 1 atom stereocenters. The molecule has 0 amide bonds. The molecule has 18 heavy (non-hydrogen) atoms. The van der Waals surface area contributed by atoms with E-state index in [1.165, 1.54) is 14.7 Å². The Balaban J connectivity index is 2.17. The van der Waals surface area contributed by atoms with Crippen molar-refractivity contribution in [1.82, 2.24) is 15.2 Å². The van der Waals surface area contributed by atoms with Crippen molar-refractivity contribution in [3.8, 4) is 0 Å². The molecule has 0 saturated carbocycles. The van der Waals surface area contributed by atoms with E-state index in [-0.39, 0.29) is 6.04 Å². The maximum atomic E-state index is 5.68. The molecule has 2 aromatic rings. The van der Waals surface area contributed by atoms with Crippen LogP contribution >= 0.6 is 22.6 Å². The van der Waals surface area contributed by atoms with Gasteiger partial charge in [-0.15, -0.1) is 0 Å². The van der Waals surface area contributed by atoms with Gasteiger partial charge in [-0.25, -0.2) is 0 Å². The Bertz CT molecular complexity index is 509. The normalized spacial score (nSPS) is 12.6. The molecule has 5 heteroatoms. The van der Waals surface area contributed by atoms with Crippen LogP contribution in [-0.2, 0) is 13.0 Å². The zero-order valence-electron chi connectivity index (χ0n) is 10.3. The number of hydrogen-bond donors (Lipinski definition) is 2. The number of nitrogens with two attached hydrogens (primary N) is 1. The lowest BCUT2D eigenvalue weighted by Gasteiger charge is -2.16. The molecular formula is C13H17IN4. The van der Waals surface area contributed by atoms with Gasteiger partial charge in [0.15, 0.2) is 0 Å². The van der Waals surface area contributed by atoms with Crippen molar-refractivity contribution in [3.63, 3.8) is 0 Å². The minimum Gasteiger partial charge on any atom is -0.273 e. The van der Waals surface area contributed by atoms with E-state index in [0.717, 1.165) is 13.0 Å². The molecule has 0 spiro atoms. The molecule has 0 aliphatic heterocycles. The molecule has 1 aromatic carbocycles. The van der Waals surface area contributed by atoms with Crippen LogP contribution in [0.15, 0.2) is 36.7 Å². The first-order valence-electron chi connectivity index (χ1n) is 5.96. The third kappa shape index (κ3) is 3.09. The van der Waals surface area contributed by atoms with Crippen LogP contribution in [0, 0.1) is 3.57 Å². The van der Waals surface area contributed by atoms with Gasteiger partial charge in [-0.3, -0.25) is 16.0 Å². The number of nitrogens with zero attached hydrogens (tertiary/aromatic N) is 2. The average molecular weight is 356 g/mol. The van der Waals surface area contributed by atoms with Crippen molar-refractivity contribution in [2.24, 2.45) is 5.84 Å². The summed E-state index contributed by atoms with van der Waals surface area (Å²) in [6.45, 7) is 2.97. The summed E-state index contributed by atoms with van der Waals surface area (Å²) in [5, 5.41) is 4.28. The fourth-order valence-electron chi connectivity index (χ4n) is 1.94. The van der Waals surface area contributed by atoms with Gasteiger partial charge in [0.1, 0.15) is 0 Å². The minimum atomic E-state index is 0.118. The van der Waals surface area contributed by atoms with E-state index in [9.17, 15) is 0 Å². The summed E-state index contributed by atoms with van der Waals surface area (Å²) in [6.07, 6.45) is 4.82. The third-order valence-corrected chi connectivity index (χ3v) is 3.91. The van der Waals surface area contributed by atoms with Crippen molar-refractivity contribution in [2.45, 2.75) is 25.9 Å². The first-order valence-corrected chi connectivity index (χ1v) is 7.04. The predicted octanol–water partition coefficient (Wildman–Crippen LogP) is 2.25. The quantitative estimate of drug-likeness (QED) is 0.491. The number of aryl methyl sites for hydroxylation is 1. The van der Waals surface area contributed by atoms with Crippen molar-refractivity contribution in [3.05, 3.63) is 51.4 Å². The van der Waals surface area contributed by atoms with Crippen LogP contribution in [-0.4, -0.2) is 9.78 Å². The molecule has 1 unspecified atom stereocenters. The fraction of sp³-hybridized carbons (Fsp3) is 0.308. The van der Waals surface area contributed by atoms with E-state index in [0.29, 0.717) is 0 Å². The molecular weight excluding hydrogens is 339 g/mol. The first kappa shape index (κ1) is 13.5. The van der Waals surface area contributed by atoms with E-state index in [1.54, 1.807) is 0 Å². The maximum Gasteiger partial charge on any atom is 0.0522 e. The van der Waals surface area contributed by atoms with Gasteiger partial charge in [-0.2, -0.15) is 5.10 Å². The summed E-state index contributed by atoms with van der Waals surface area (Å²) < 4.78 is 3.15. The number of benzene rings is 1. The summed E-state index contributed by atoms with van der Waals surface area (Å²) in [4.78, 5) is 0. The molecule has 1 aromatic heterocycles. The predicted molar refractivity (Wildman–Crippen MR) is 80.8 cm³/mol. The van der Waals surface area contributed by atoms with Gasteiger partial charge in [0.25, 0.3) is 0 Å². The highest BCUT2D eigenvalue weighted by atomic mass is 127. The Morgan fingerprint density at radius 1 is 1.44 bits per heavy atom. The van der Waals surface area contributed by atoms with Gasteiger partial charge < -0.3 is 0 Å². The Hall–Kier alpha value is -0.920. The van der Waals surface area contributed by atoms with Crippen molar-refractivity contribution >= 4 is 22.6 Å². The zero-order valence-corrected chi connectivity index (χ0v) is 12.5. The second-order valence-corrected chi connectivity index (χ2v) is 5.31. The average Bonchev–Trinajstić information content (AvgIpc) is 2.85. The Labute approximate surface area is 121 Å². The molecule has 0 aliphatic rings. The van der Waals surface area contributed by atoms with Gasteiger partial charge in [0, 0.05) is 16.3 Å². The Morgan fingerprint density at radius 3 is 2.83 bits per heavy atom. The summed E-state index contributed by atoms with van der Waals surface area (Å²) in [5.41, 5.74) is 5.31. The maximum absolute atomic E-state index is 5.68. The number of aromatic nitrogens is 2. The lowest BCUT2D eigenvalue weighted by atomic mass is 10.0. The second-order valence-electron chi connectivity index (χ2n) is 4.15. The van der Waals surface area contributed by atoms with Gasteiger partial charge in [-0.1, -0.05) is 18.2 Å². The molecule has 0 aliphatic carbocycles. The highest BCUT2D eigenvalue weighted by Gasteiger charge is 2.14. The minimum absolute atomic E-state index is 0.118. The first-order chi connectivity index (χ1) is 8.74. The number of rotatable bonds is 5. The number of hydrazine groups is 1. The Kier molecular flexibility index (Phi) is 4.73. The highest BCUT2D eigenvalue weighted by molar-refractivity contribution is 14.1. The molecule has 2 rings (SSSR count). The lowest BCUT2D eigenvalue weighted by Crippen LogP contribution is -2.30. The standard InChI is InChI=1S/C13H17IN4/c1-2-18-9-10(8-16-18)7-13(17-15)11-5-3-4-6-12(11)14/h3-6,8-9,13,17H,2,7,15H2,1H3. The summed E-state index contributed by atoms with van der Waals surface area (Å²) in [5.74, 6) is 5.68. The number of halogens is 1. The largest absolute Gasteiger partial charge is 0.273 e. The van der Waals surface area contributed by atoms with E-state index in [2.05, 4.69) is 58.4 Å². The van der Waals surface area contributed by atoms with Gasteiger partial charge in [-0.05, 0) is 53.1 Å². The fourth-order valence-corrected chi connectivity index (χ4v) is 2.70. The molecule has 4 nitrogen and oxygen atoms in total. The smallest absolute Gasteiger partial charge is 0.0522 e. The van der Waals surface area contributed by atoms with Crippen LogP contribution < -0.4 is 11.3 Å². The summed E-state index contributed by atoms with van der Waals surface area (Å²) in [7, 11) is 0. The number of hydrogen-bond acceptors (Lipinski definition) is 3. The van der Waals surface area contributed by atoms with Crippen LogP contribution in [0.25, 0.3) is 0 Å². The van der Waals surface area contributed by atoms with Crippen LogP contribution in [0.3, 0.4) is 0 Å². The molecule has 3 N–H and O–H groups in total. The molecule has 1 heterocycles. The highest BCUT2D eigenvalue weighted by Crippen LogP contribution is 2.22. The van der Waals surface area contributed by atoms with Crippen molar-refractivity contribution in [1.29, 1.82) is 0 Å². The van der Waals surface area contributed by atoms with Crippen molar-refractivity contribution < 1.29 is 0 Å². The second kappa shape index (κ2) is 6.31. The molecule has 96 valence electrons. The molecule has 0 radical (unpaired) electrons. The Morgan fingerprint density at radius 2 is 2.22 bits per heavy atom. The van der Waals surface area contributed by atoms with E-state index < -0.39 is 0 Å². The van der Waals surface area contributed by atoms with Crippen LogP contribution in [0.2, 0.25) is 0 Å². The van der Waals surface area contributed by atoms with Gasteiger partial charge >= 0.3 is 0 Å². The van der Waals surface area contributed by atoms with E-state index in [1.807, 2.05) is 23.0 Å². The topological polar surface area (TPSA) is 55.9 Å². The molecule has 0 fully saturated rings. The zero-order chi connectivity index (χ0) is 13.0. The van der Waals surface area contributed by atoms with E-state index >= 15 is 0 Å². The summed E-state index contributed by atoms with van der Waals surface area (Å²) >= 11 is 2.34. The SMILES string of the molecule is CCn1cc(CC(NN)c2ccccc2I)cn1. The van der Waals surface area contributed by atoms with Crippen LogP contribution in [0.5, 0.6) is 0 Å². The van der Waals surface area contributed by atoms with Gasteiger partial charge in [0.05, 0.1) is 12.2 Å². The monoisotopic (exact) mass is 356 g/mol. The molecule has 0 saturated heterocycles. The van der Waals surface area contributed by atoms with Crippen molar-refractivity contribution in [2.75, 3.05) is 0 Å².